The molecule has 0 aliphatic carbocycles. The summed E-state index contributed by atoms with van der Waals surface area (Å²) in [6.45, 7) is 1.68. The van der Waals surface area contributed by atoms with Gasteiger partial charge in [-0.1, -0.05) is 0 Å². The van der Waals surface area contributed by atoms with E-state index in [0.717, 1.165) is 0 Å². The van der Waals surface area contributed by atoms with Crippen molar-refractivity contribution in [3.05, 3.63) is 24.0 Å². The first-order valence-electron chi connectivity index (χ1n) is 4.87. The lowest BCUT2D eigenvalue weighted by Crippen LogP contribution is -2.43. The minimum Gasteiger partial charge on any atom is -0.505 e. The highest BCUT2D eigenvalue weighted by Gasteiger charge is 2.14. The molecular formula is C10H15N3O3. The number of amides is 1. The summed E-state index contributed by atoms with van der Waals surface area (Å²) in [6.07, 6.45) is 1.89. The summed E-state index contributed by atoms with van der Waals surface area (Å²) in [7, 11) is 0. The van der Waals surface area contributed by atoms with Crippen LogP contribution in [0.2, 0.25) is 0 Å². The minimum atomic E-state index is -0.702. The molecule has 88 valence electrons. The van der Waals surface area contributed by atoms with Gasteiger partial charge in [-0.15, -0.1) is 0 Å². The topological polar surface area (TPSA) is 108 Å². The molecule has 1 heterocycles. The van der Waals surface area contributed by atoms with Gasteiger partial charge in [0.2, 0.25) is 0 Å². The standard InChI is InChI=1S/C10H15N3O3/c1-6(14)8(11)4-13-10(16)7-2-3-12-5-9(7)15/h2-3,5-6,8,14-15H,4,11H2,1H3,(H,13,16). The van der Waals surface area contributed by atoms with Crippen LogP contribution in [0.5, 0.6) is 5.75 Å². The highest BCUT2D eigenvalue weighted by atomic mass is 16.3. The van der Waals surface area contributed by atoms with Crippen molar-refractivity contribution in [3.8, 4) is 5.75 Å². The highest BCUT2D eigenvalue weighted by molar-refractivity contribution is 5.96. The monoisotopic (exact) mass is 225 g/mol. The van der Waals surface area contributed by atoms with Gasteiger partial charge in [-0.05, 0) is 13.0 Å². The van der Waals surface area contributed by atoms with Crippen LogP contribution in [0.3, 0.4) is 0 Å². The first-order chi connectivity index (χ1) is 7.52. The van der Waals surface area contributed by atoms with Crippen LogP contribution in [0, 0.1) is 0 Å². The van der Waals surface area contributed by atoms with E-state index in [4.69, 9.17) is 10.8 Å². The van der Waals surface area contributed by atoms with Crippen LogP contribution in [-0.4, -0.2) is 39.8 Å². The van der Waals surface area contributed by atoms with Crippen LogP contribution in [0.25, 0.3) is 0 Å². The molecule has 0 aromatic carbocycles. The summed E-state index contributed by atoms with van der Waals surface area (Å²) < 4.78 is 0. The molecule has 0 spiro atoms. The number of nitrogens with one attached hydrogen (secondary N) is 1. The Morgan fingerprint density at radius 2 is 2.38 bits per heavy atom. The van der Waals surface area contributed by atoms with E-state index in [1.54, 1.807) is 6.92 Å². The molecule has 1 aromatic rings. The molecule has 0 aliphatic heterocycles. The zero-order valence-corrected chi connectivity index (χ0v) is 8.92. The van der Waals surface area contributed by atoms with E-state index < -0.39 is 18.1 Å². The summed E-state index contributed by atoms with van der Waals surface area (Å²) in [5.41, 5.74) is 5.67. The lowest BCUT2D eigenvalue weighted by atomic mass is 10.2. The number of nitrogens with two attached hydrogens (primary N) is 1. The van der Waals surface area contributed by atoms with E-state index in [9.17, 15) is 9.90 Å². The van der Waals surface area contributed by atoms with Crippen molar-refractivity contribution in [2.45, 2.75) is 19.1 Å². The largest absolute Gasteiger partial charge is 0.505 e. The van der Waals surface area contributed by atoms with Crippen molar-refractivity contribution in [2.24, 2.45) is 5.73 Å². The third kappa shape index (κ3) is 3.18. The molecule has 6 heteroatoms. The molecule has 1 rings (SSSR count). The molecule has 0 saturated carbocycles. The van der Waals surface area contributed by atoms with E-state index in [1.165, 1.54) is 18.5 Å². The first-order valence-corrected chi connectivity index (χ1v) is 4.87. The maximum Gasteiger partial charge on any atom is 0.255 e. The molecule has 0 aliphatic rings. The minimum absolute atomic E-state index is 0.132. The first kappa shape index (κ1) is 12.4. The summed E-state index contributed by atoms with van der Waals surface area (Å²) in [5.74, 6) is -0.637. The zero-order chi connectivity index (χ0) is 12.1. The van der Waals surface area contributed by atoms with Crippen molar-refractivity contribution >= 4 is 5.91 Å². The van der Waals surface area contributed by atoms with Gasteiger partial charge in [0.1, 0.15) is 5.75 Å². The molecule has 0 fully saturated rings. The van der Waals surface area contributed by atoms with E-state index in [1.807, 2.05) is 0 Å². The Kier molecular flexibility index (Phi) is 4.21. The van der Waals surface area contributed by atoms with Crippen LogP contribution in [-0.2, 0) is 0 Å². The average Bonchev–Trinajstić information content (AvgIpc) is 2.25. The molecule has 6 nitrogen and oxygen atoms in total. The second-order valence-electron chi connectivity index (χ2n) is 3.51. The fourth-order valence-corrected chi connectivity index (χ4v) is 1.05. The van der Waals surface area contributed by atoms with E-state index in [2.05, 4.69) is 10.3 Å². The second kappa shape index (κ2) is 5.43. The smallest absolute Gasteiger partial charge is 0.255 e. The number of aromatic hydroxyl groups is 1. The van der Waals surface area contributed by atoms with Crippen LogP contribution in [0.1, 0.15) is 17.3 Å². The van der Waals surface area contributed by atoms with Crippen molar-refractivity contribution in [2.75, 3.05) is 6.54 Å². The van der Waals surface area contributed by atoms with Gasteiger partial charge in [-0.2, -0.15) is 0 Å². The molecule has 0 radical (unpaired) electrons. The summed E-state index contributed by atoms with van der Waals surface area (Å²) in [4.78, 5) is 15.2. The summed E-state index contributed by atoms with van der Waals surface area (Å²) in [5, 5.41) is 21.0. The van der Waals surface area contributed by atoms with Crippen LogP contribution in [0.15, 0.2) is 18.5 Å². The molecule has 1 aromatic heterocycles. The van der Waals surface area contributed by atoms with Gasteiger partial charge >= 0.3 is 0 Å². The molecule has 0 bridgehead atoms. The Bertz CT molecular complexity index is 368. The number of hydrogen-bond acceptors (Lipinski definition) is 5. The van der Waals surface area contributed by atoms with Gasteiger partial charge < -0.3 is 21.3 Å². The molecule has 5 N–H and O–H groups in total. The maximum absolute atomic E-state index is 11.6. The fraction of sp³-hybridized carbons (Fsp3) is 0.400. The third-order valence-electron chi connectivity index (χ3n) is 2.16. The van der Waals surface area contributed by atoms with E-state index in [0.29, 0.717) is 0 Å². The van der Waals surface area contributed by atoms with Crippen LogP contribution >= 0.6 is 0 Å². The van der Waals surface area contributed by atoms with Crippen molar-refractivity contribution in [3.63, 3.8) is 0 Å². The molecule has 1 amide bonds. The number of hydrogen-bond donors (Lipinski definition) is 4. The number of aromatic nitrogens is 1. The number of rotatable bonds is 4. The molecule has 16 heavy (non-hydrogen) atoms. The predicted molar refractivity (Wildman–Crippen MR) is 57.9 cm³/mol. The summed E-state index contributed by atoms with van der Waals surface area (Å²) >= 11 is 0. The Hall–Kier alpha value is -1.66. The Morgan fingerprint density at radius 3 is 2.94 bits per heavy atom. The van der Waals surface area contributed by atoms with E-state index in [-0.39, 0.29) is 17.9 Å². The van der Waals surface area contributed by atoms with Crippen molar-refractivity contribution < 1.29 is 15.0 Å². The fourth-order valence-electron chi connectivity index (χ4n) is 1.05. The Morgan fingerprint density at radius 1 is 1.69 bits per heavy atom. The number of carbonyl (C=O) groups is 1. The van der Waals surface area contributed by atoms with Gasteiger partial charge in [0.25, 0.3) is 5.91 Å². The van der Waals surface area contributed by atoms with E-state index >= 15 is 0 Å². The normalized spacial score (nSPS) is 14.2. The maximum atomic E-state index is 11.6. The lowest BCUT2D eigenvalue weighted by Gasteiger charge is -2.15. The summed E-state index contributed by atoms with van der Waals surface area (Å²) in [6, 6.07) is 0.867. The third-order valence-corrected chi connectivity index (χ3v) is 2.16. The quantitative estimate of drug-likeness (QED) is 0.538. The highest BCUT2D eigenvalue weighted by Crippen LogP contribution is 2.13. The van der Waals surface area contributed by atoms with Gasteiger partial charge in [0.15, 0.2) is 0 Å². The number of nitrogens with zero attached hydrogens (tertiary/aromatic N) is 1. The average molecular weight is 225 g/mol. The molecular weight excluding hydrogens is 210 g/mol. The number of aliphatic hydroxyl groups is 1. The zero-order valence-electron chi connectivity index (χ0n) is 8.92. The number of pyridine rings is 1. The van der Waals surface area contributed by atoms with Crippen molar-refractivity contribution in [1.82, 2.24) is 10.3 Å². The second-order valence-corrected chi connectivity index (χ2v) is 3.51. The lowest BCUT2D eigenvalue weighted by molar-refractivity contribution is 0.0935. The predicted octanol–water partition coefficient (Wildman–Crippen LogP) is -0.775. The molecule has 0 saturated heterocycles. The van der Waals surface area contributed by atoms with Crippen LogP contribution in [0.4, 0.5) is 0 Å². The van der Waals surface area contributed by atoms with Gasteiger partial charge in [0, 0.05) is 18.8 Å². The van der Waals surface area contributed by atoms with Gasteiger partial charge in [0.05, 0.1) is 17.9 Å². The van der Waals surface area contributed by atoms with Crippen molar-refractivity contribution in [1.29, 1.82) is 0 Å². The van der Waals surface area contributed by atoms with Gasteiger partial charge in [-0.25, -0.2) is 0 Å². The Balaban J connectivity index is 2.57. The number of aliphatic hydroxyl groups excluding tert-OH is 1. The molecule has 2 unspecified atom stereocenters. The van der Waals surface area contributed by atoms with Gasteiger partial charge in [-0.3, -0.25) is 9.78 Å². The van der Waals surface area contributed by atoms with Crippen LogP contribution < -0.4 is 11.1 Å². The SMILES string of the molecule is CC(O)C(N)CNC(=O)c1ccncc1O. The number of carbonyl (C=O) groups excluding carboxylic acids is 1. The Labute approximate surface area is 93.1 Å². The molecule has 2 atom stereocenters.